The molecule has 0 aromatic heterocycles. The fourth-order valence-electron chi connectivity index (χ4n) is 2.11. The van der Waals surface area contributed by atoms with E-state index < -0.39 is 5.41 Å². The van der Waals surface area contributed by atoms with Gasteiger partial charge in [-0.15, -0.1) is 0 Å². The van der Waals surface area contributed by atoms with Crippen molar-refractivity contribution in [3.8, 4) is 11.8 Å². The average molecular weight is 256 g/mol. The topological polar surface area (TPSA) is 26.3 Å². The van der Waals surface area contributed by atoms with Gasteiger partial charge in [0.25, 0.3) is 0 Å². The second-order valence-electron chi connectivity index (χ2n) is 5.27. The molecule has 0 saturated carbocycles. The predicted octanol–water partition coefficient (Wildman–Crippen LogP) is 3.55. The maximum Gasteiger partial charge on any atom is 0.159 e. The molecule has 0 fully saturated rings. The van der Waals surface area contributed by atoms with E-state index in [0.717, 1.165) is 31.3 Å². The number of ether oxygens (including phenoxy) is 1. The first-order valence-electron chi connectivity index (χ1n) is 6.92. The largest absolute Gasteiger partial charge is 0.478 e. The number of carbonyl (C=O) groups is 1. The van der Waals surface area contributed by atoms with Gasteiger partial charge in [-0.3, -0.25) is 0 Å². The van der Waals surface area contributed by atoms with Crippen molar-refractivity contribution in [1.82, 2.24) is 0 Å². The summed E-state index contributed by atoms with van der Waals surface area (Å²) in [6.07, 6.45) is 15.8. The highest BCUT2D eigenvalue weighted by Crippen LogP contribution is 2.23. The lowest BCUT2D eigenvalue weighted by Crippen LogP contribution is -2.12. The quantitative estimate of drug-likeness (QED) is 0.570. The number of hydrogen-bond acceptors (Lipinski definition) is 2. The Hall–Kier alpha value is -1.75. The molecule has 0 heterocycles. The molecule has 0 radical (unpaired) electrons. The van der Waals surface area contributed by atoms with E-state index in [1.54, 1.807) is 0 Å². The van der Waals surface area contributed by atoms with Crippen LogP contribution in [0, 0.1) is 17.3 Å². The lowest BCUT2D eigenvalue weighted by Gasteiger charge is -2.16. The number of aldehydes is 1. The van der Waals surface area contributed by atoms with Crippen molar-refractivity contribution in [3.05, 3.63) is 36.1 Å². The van der Waals surface area contributed by atoms with Gasteiger partial charge in [0.2, 0.25) is 0 Å². The van der Waals surface area contributed by atoms with Gasteiger partial charge in [0, 0.05) is 6.42 Å². The molecule has 100 valence electrons. The van der Waals surface area contributed by atoms with E-state index in [9.17, 15) is 4.79 Å². The molecule has 2 nitrogen and oxygen atoms in total. The van der Waals surface area contributed by atoms with Gasteiger partial charge < -0.3 is 9.53 Å². The second kappa shape index (κ2) is 6.43. The van der Waals surface area contributed by atoms with Crippen molar-refractivity contribution < 1.29 is 9.53 Å². The third kappa shape index (κ3) is 4.13. The van der Waals surface area contributed by atoms with E-state index in [4.69, 9.17) is 4.74 Å². The SMILES string of the molecule is CC1(C=O)C=CC=C(OC2C#CCCCCC2)C=C1. The molecular weight excluding hydrogens is 236 g/mol. The first kappa shape index (κ1) is 13.7. The summed E-state index contributed by atoms with van der Waals surface area (Å²) in [6, 6.07) is 0. The Morgan fingerprint density at radius 3 is 3.11 bits per heavy atom. The summed E-state index contributed by atoms with van der Waals surface area (Å²) in [5, 5.41) is 0. The molecule has 0 bridgehead atoms. The van der Waals surface area contributed by atoms with Crippen LogP contribution in [-0.2, 0) is 9.53 Å². The normalized spacial score (nSPS) is 30.2. The highest BCUT2D eigenvalue weighted by atomic mass is 16.5. The molecule has 2 atom stereocenters. The Bertz CT molecular complexity index is 473. The van der Waals surface area contributed by atoms with Gasteiger partial charge in [-0.05, 0) is 38.3 Å². The Morgan fingerprint density at radius 1 is 1.37 bits per heavy atom. The van der Waals surface area contributed by atoms with Crippen LogP contribution < -0.4 is 0 Å². The molecule has 2 aliphatic rings. The van der Waals surface area contributed by atoms with Crippen LogP contribution >= 0.6 is 0 Å². The minimum Gasteiger partial charge on any atom is -0.478 e. The number of allylic oxidation sites excluding steroid dienone is 5. The second-order valence-corrected chi connectivity index (χ2v) is 5.27. The highest BCUT2D eigenvalue weighted by Gasteiger charge is 2.18. The summed E-state index contributed by atoms with van der Waals surface area (Å²) >= 11 is 0. The van der Waals surface area contributed by atoms with Gasteiger partial charge in [-0.1, -0.05) is 36.5 Å². The van der Waals surface area contributed by atoms with Crippen molar-refractivity contribution in [2.75, 3.05) is 0 Å². The third-order valence-electron chi connectivity index (χ3n) is 3.39. The Balaban J connectivity index is 2.03. The van der Waals surface area contributed by atoms with Crippen molar-refractivity contribution in [1.29, 1.82) is 0 Å². The molecule has 0 aromatic rings. The van der Waals surface area contributed by atoms with Crippen LogP contribution in [0.25, 0.3) is 0 Å². The minimum atomic E-state index is -0.534. The summed E-state index contributed by atoms with van der Waals surface area (Å²) in [7, 11) is 0. The van der Waals surface area contributed by atoms with Crippen LogP contribution in [0.5, 0.6) is 0 Å². The fraction of sp³-hybridized carbons (Fsp3) is 0.471. The number of hydrogen-bond donors (Lipinski definition) is 0. The van der Waals surface area contributed by atoms with Gasteiger partial charge in [0.05, 0.1) is 5.41 Å². The molecule has 0 amide bonds. The smallest absolute Gasteiger partial charge is 0.159 e. The molecule has 0 saturated heterocycles. The van der Waals surface area contributed by atoms with E-state index >= 15 is 0 Å². The molecule has 2 heteroatoms. The van der Waals surface area contributed by atoms with Crippen LogP contribution in [-0.4, -0.2) is 12.4 Å². The summed E-state index contributed by atoms with van der Waals surface area (Å²) < 4.78 is 5.92. The van der Waals surface area contributed by atoms with E-state index in [-0.39, 0.29) is 6.10 Å². The van der Waals surface area contributed by atoms with Crippen molar-refractivity contribution >= 4 is 6.29 Å². The molecule has 2 unspecified atom stereocenters. The maximum absolute atomic E-state index is 11.0. The molecule has 0 N–H and O–H groups in total. The van der Waals surface area contributed by atoms with Crippen LogP contribution in [0.4, 0.5) is 0 Å². The first-order valence-corrected chi connectivity index (χ1v) is 6.92. The standard InChI is InChI=1S/C17H20O2/c1-17(14-18)12-7-10-16(11-13-17)19-15-8-5-3-2-4-6-9-15/h7,10-15H,2-5,8H2,1H3. The zero-order valence-corrected chi connectivity index (χ0v) is 11.4. The highest BCUT2D eigenvalue weighted by molar-refractivity contribution is 5.66. The first-order chi connectivity index (χ1) is 9.22. The molecule has 2 rings (SSSR count). The zero-order valence-electron chi connectivity index (χ0n) is 11.4. The molecular formula is C17H20O2. The Kier molecular flexibility index (Phi) is 4.63. The molecule has 19 heavy (non-hydrogen) atoms. The van der Waals surface area contributed by atoms with E-state index in [2.05, 4.69) is 11.8 Å². The van der Waals surface area contributed by atoms with E-state index in [0.29, 0.717) is 0 Å². The summed E-state index contributed by atoms with van der Waals surface area (Å²) in [4.78, 5) is 11.0. The lowest BCUT2D eigenvalue weighted by molar-refractivity contribution is -0.111. The molecule has 0 spiro atoms. The number of rotatable bonds is 3. The fourth-order valence-corrected chi connectivity index (χ4v) is 2.11. The monoisotopic (exact) mass is 256 g/mol. The molecule has 0 aromatic carbocycles. The Morgan fingerprint density at radius 2 is 2.26 bits per heavy atom. The van der Waals surface area contributed by atoms with Crippen LogP contribution in [0.2, 0.25) is 0 Å². The van der Waals surface area contributed by atoms with Gasteiger partial charge in [0.1, 0.15) is 12.0 Å². The number of carbonyl (C=O) groups excluding carboxylic acids is 1. The predicted molar refractivity (Wildman–Crippen MR) is 76.3 cm³/mol. The van der Waals surface area contributed by atoms with Crippen molar-refractivity contribution in [2.24, 2.45) is 5.41 Å². The third-order valence-corrected chi connectivity index (χ3v) is 3.39. The zero-order chi connectivity index (χ0) is 13.6. The summed E-state index contributed by atoms with van der Waals surface area (Å²) in [5.41, 5.74) is -0.534. The van der Waals surface area contributed by atoms with Crippen molar-refractivity contribution in [2.45, 2.75) is 45.1 Å². The van der Waals surface area contributed by atoms with E-state index in [1.807, 2.05) is 37.3 Å². The molecule has 0 aliphatic heterocycles. The molecule has 2 aliphatic carbocycles. The van der Waals surface area contributed by atoms with E-state index in [1.165, 1.54) is 12.8 Å². The summed E-state index contributed by atoms with van der Waals surface area (Å²) in [6.45, 7) is 1.87. The Labute approximate surface area is 115 Å². The van der Waals surface area contributed by atoms with Gasteiger partial charge in [-0.25, -0.2) is 0 Å². The average Bonchev–Trinajstić information content (AvgIpc) is 2.56. The van der Waals surface area contributed by atoms with Crippen LogP contribution in [0.3, 0.4) is 0 Å². The summed E-state index contributed by atoms with van der Waals surface area (Å²) in [5.74, 6) is 7.13. The van der Waals surface area contributed by atoms with Gasteiger partial charge >= 0.3 is 0 Å². The van der Waals surface area contributed by atoms with Crippen molar-refractivity contribution in [3.63, 3.8) is 0 Å². The lowest BCUT2D eigenvalue weighted by atomic mass is 9.92. The van der Waals surface area contributed by atoms with Crippen LogP contribution in [0.15, 0.2) is 36.1 Å². The van der Waals surface area contributed by atoms with Crippen LogP contribution in [0.1, 0.15) is 39.0 Å². The maximum atomic E-state index is 11.0. The minimum absolute atomic E-state index is 0.0230. The van der Waals surface area contributed by atoms with Gasteiger partial charge in [-0.2, -0.15) is 0 Å². The van der Waals surface area contributed by atoms with Gasteiger partial charge in [0.15, 0.2) is 6.10 Å².